The van der Waals surface area contributed by atoms with Gasteiger partial charge in [-0.3, -0.25) is 9.69 Å². The lowest BCUT2D eigenvalue weighted by Crippen LogP contribution is -2.52. The van der Waals surface area contributed by atoms with Gasteiger partial charge < -0.3 is 10.2 Å². The highest BCUT2D eigenvalue weighted by Gasteiger charge is 2.26. The standard InChI is InChI=1S/C19H20Cl2FN3O/c1-13(19(26)23-18-7-2-14(20)12-17(18)21)24-8-10-25(11-9-24)16-5-3-15(22)4-6-16/h2-7,12-13H,8-11H2,1H3,(H,23,26). The van der Waals surface area contributed by atoms with E-state index in [1.807, 2.05) is 6.92 Å². The number of piperazine rings is 1. The van der Waals surface area contributed by atoms with Crippen LogP contribution in [0.3, 0.4) is 0 Å². The summed E-state index contributed by atoms with van der Waals surface area (Å²) >= 11 is 12.0. The molecule has 1 amide bonds. The number of anilines is 2. The van der Waals surface area contributed by atoms with Crippen LogP contribution in [-0.2, 0) is 4.79 Å². The molecule has 0 aromatic heterocycles. The predicted octanol–water partition coefficient (Wildman–Crippen LogP) is 4.28. The van der Waals surface area contributed by atoms with Crippen molar-refractivity contribution in [3.05, 3.63) is 58.3 Å². The van der Waals surface area contributed by atoms with Crippen LogP contribution in [0, 0.1) is 5.82 Å². The smallest absolute Gasteiger partial charge is 0.241 e. The fourth-order valence-electron chi connectivity index (χ4n) is 3.01. The van der Waals surface area contributed by atoms with Gasteiger partial charge in [0, 0.05) is 36.9 Å². The Balaban J connectivity index is 1.56. The van der Waals surface area contributed by atoms with Crippen LogP contribution in [0.15, 0.2) is 42.5 Å². The third kappa shape index (κ3) is 4.47. The molecular weight excluding hydrogens is 376 g/mol. The molecule has 2 aromatic carbocycles. The van der Waals surface area contributed by atoms with Gasteiger partial charge in [-0.25, -0.2) is 4.39 Å². The lowest BCUT2D eigenvalue weighted by atomic mass is 10.2. The second-order valence-electron chi connectivity index (χ2n) is 6.29. The average molecular weight is 396 g/mol. The second-order valence-corrected chi connectivity index (χ2v) is 7.13. The molecule has 1 aliphatic heterocycles. The first-order valence-corrected chi connectivity index (χ1v) is 9.20. The van der Waals surface area contributed by atoms with E-state index in [-0.39, 0.29) is 17.8 Å². The number of nitrogens with one attached hydrogen (secondary N) is 1. The summed E-state index contributed by atoms with van der Waals surface area (Å²) in [6, 6.07) is 11.2. The molecule has 0 radical (unpaired) electrons. The van der Waals surface area contributed by atoms with Gasteiger partial charge in [0.25, 0.3) is 0 Å². The molecule has 1 atom stereocenters. The Hall–Kier alpha value is -1.82. The van der Waals surface area contributed by atoms with Crippen molar-refractivity contribution in [3.8, 4) is 0 Å². The monoisotopic (exact) mass is 395 g/mol. The Kier molecular flexibility index (Phi) is 6.01. The average Bonchev–Trinajstić information content (AvgIpc) is 2.64. The van der Waals surface area contributed by atoms with Gasteiger partial charge in [0.15, 0.2) is 0 Å². The van der Waals surface area contributed by atoms with Gasteiger partial charge in [0.2, 0.25) is 5.91 Å². The van der Waals surface area contributed by atoms with Gasteiger partial charge in [0.05, 0.1) is 16.8 Å². The summed E-state index contributed by atoms with van der Waals surface area (Å²) < 4.78 is 13.1. The van der Waals surface area contributed by atoms with Crippen molar-refractivity contribution in [3.63, 3.8) is 0 Å². The number of hydrogen-bond acceptors (Lipinski definition) is 3. The molecule has 1 aliphatic rings. The number of nitrogens with zero attached hydrogens (tertiary/aromatic N) is 2. The quantitative estimate of drug-likeness (QED) is 0.838. The topological polar surface area (TPSA) is 35.6 Å². The Morgan fingerprint density at radius 2 is 1.73 bits per heavy atom. The van der Waals surface area contributed by atoms with E-state index in [4.69, 9.17) is 23.2 Å². The van der Waals surface area contributed by atoms with Gasteiger partial charge in [-0.15, -0.1) is 0 Å². The highest BCUT2D eigenvalue weighted by Crippen LogP contribution is 2.26. The van der Waals surface area contributed by atoms with Crippen molar-refractivity contribution in [2.24, 2.45) is 0 Å². The maximum absolute atomic E-state index is 13.1. The van der Waals surface area contributed by atoms with E-state index in [0.717, 1.165) is 31.9 Å². The maximum atomic E-state index is 13.1. The van der Waals surface area contributed by atoms with Crippen LogP contribution in [0.4, 0.5) is 15.8 Å². The summed E-state index contributed by atoms with van der Waals surface area (Å²) in [6.45, 7) is 4.95. The van der Waals surface area contributed by atoms with Crippen LogP contribution < -0.4 is 10.2 Å². The number of amides is 1. The van der Waals surface area contributed by atoms with Crippen LogP contribution in [-0.4, -0.2) is 43.0 Å². The molecule has 4 nitrogen and oxygen atoms in total. The lowest BCUT2D eigenvalue weighted by Gasteiger charge is -2.38. The van der Waals surface area contributed by atoms with Crippen LogP contribution in [0.25, 0.3) is 0 Å². The van der Waals surface area contributed by atoms with E-state index in [0.29, 0.717) is 15.7 Å². The Morgan fingerprint density at radius 1 is 1.08 bits per heavy atom. The van der Waals surface area contributed by atoms with E-state index in [1.54, 1.807) is 30.3 Å². The van der Waals surface area contributed by atoms with Crippen molar-refractivity contribution < 1.29 is 9.18 Å². The van der Waals surface area contributed by atoms with E-state index in [1.165, 1.54) is 12.1 Å². The normalized spacial score (nSPS) is 16.4. The van der Waals surface area contributed by atoms with Crippen LogP contribution in [0.5, 0.6) is 0 Å². The Bertz CT molecular complexity index is 777. The number of carbonyl (C=O) groups excluding carboxylic acids is 1. The molecule has 0 spiro atoms. The summed E-state index contributed by atoms with van der Waals surface area (Å²) in [5.41, 5.74) is 1.55. The Labute approximate surface area is 162 Å². The summed E-state index contributed by atoms with van der Waals surface area (Å²) in [7, 11) is 0. The first-order valence-electron chi connectivity index (χ1n) is 8.44. The fraction of sp³-hybridized carbons (Fsp3) is 0.316. The molecule has 0 bridgehead atoms. The maximum Gasteiger partial charge on any atom is 0.241 e. The zero-order chi connectivity index (χ0) is 18.7. The van der Waals surface area contributed by atoms with Crippen molar-refractivity contribution in [2.45, 2.75) is 13.0 Å². The summed E-state index contributed by atoms with van der Waals surface area (Å²) in [6.07, 6.45) is 0. The zero-order valence-electron chi connectivity index (χ0n) is 14.4. The molecule has 0 aliphatic carbocycles. The van der Waals surface area contributed by atoms with Crippen LogP contribution in [0.2, 0.25) is 10.0 Å². The van der Waals surface area contributed by atoms with Gasteiger partial charge in [0.1, 0.15) is 5.82 Å². The molecule has 138 valence electrons. The fourth-order valence-corrected chi connectivity index (χ4v) is 3.47. The number of carbonyl (C=O) groups is 1. The van der Waals surface area contributed by atoms with Gasteiger partial charge in [-0.1, -0.05) is 23.2 Å². The molecule has 26 heavy (non-hydrogen) atoms. The number of benzene rings is 2. The van der Waals surface area contributed by atoms with E-state index < -0.39 is 0 Å². The molecular formula is C19H20Cl2FN3O. The summed E-state index contributed by atoms with van der Waals surface area (Å²) in [5, 5.41) is 3.80. The molecule has 1 saturated heterocycles. The SMILES string of the molecule is CC(C(=O)Nc1ccc(Cl)cc1Cl)N1CCN(c2ccc(F)cc2)CC1. The minimum absolute atomic E-state index is 0.107. The van der Waals surface area contributed by atoms with E-state index >= 15 is 0 Å². The largest absolute Gasteiger partial charge is 0.369 e. The molecule has 7 heteroatoms. The molecule has 1 heterocycles. The number of hydrogen-bond donors (Lipinski definition) is 1. The van der Waals surface area contributed by atoms with Crippen molar-refractivity contribution >= 4 is 40.5 Å². The van der Waals surface area contributed by atoms with Crippen molar-refractivity contribution in [1.82, 2.24) is 4.90 Å². The lowest BCUT2D eigenvalue weighted by molar-refractivity contribution is -0.120. The van der Waals surface area contributed by atoms with Crippen molar-refractivity contribution in [2.75, 3.05) is 36.4 Å². The first kappa shape index (κ1) is 19.0. The van der Waals surface area contributed by atoms with Gasteiger partial charge in [-0.05, 0) is 49.4 Å². The van der Waals surface area contributed by atoms with Gasteiger partial charge in [-0.2, -0.15) is 0 Å². The molecule has 2 aromatic rings. The predicted molar refractivity (Wildman–Crippen MR) is 105 cm³/mol. The van der Waals surface area contributed by atoms with E-state index in [2.05, 4.69) is 15.1 Å². The molecule has 0 saturated carbocycles. The Morgan fingerprint density at radius 3 is 2.35 bits per heavy atom. The minimum atomic E-state index is -0.280. The van der Waals surface area contributed by atoms with E-state index in [9.17, 15) is 9.18 Å². The highest BCUT2D eigenvalue weighted by atomic mass is 35.5. The zero-order valence-corrected chi connectivity index (χ0v) is 15.9. The molecule has 3 rings (SSSR count). The molecule has 1 unspecified atom stereocenters. The van der Waals surface area contributed by atoms with Crippen LogP contribution >= 0.6 is 23.2 Å². The highest BCUT2D eigenvalue weighted by molar-refractivity contribution is 6.36. The van der Waals surface area contributed by atoms with Crippen molar-refractivity contribution in [1.29, 1.82) is 0 Å². The molecule has 1 N–H and O–H groups in total. The second kappa shape index (κ2) is 8.25. The minimum Gasteiger partial charge on any atom is -0.369 e. The van der Waals surface area contributed by atoms with Crippen LogP contribution in [0.1, 0.15) is 6.92 Å². The molecule has 1 fully saturated rings. The first-order chi connectivity index (χ1) is 12.4. The number of rotatable bonds is 4. The summed E-state index contributed by atoms with van der Waals surface area (Å²) in [5.74, 6) is -0.344. The van der Waals surface area contributed by atoms with Gasteiger partial charge >= 0.3 is 0 Å². The summed E-state index contributed by atoms with van der Waals surface area (Å²) in [4.78, 5) is 16.9. The third-order valence-corrected chi connectivity index (χ3v) is 5.17. The number of halogens is 3. The third-order valence-electron chi connectivity index (χ3n) is 4.62.